The van der Waals surface area contributed by atoms with Crippen LogP contribution in [0, 0.1) is 11.8 Å². The molecule has 0 aliphatic heterocycles. The number of hydrogen-bond donors (Lipinski definition) is 0. The zero-order valence-electron chi connectivity index (χ0n) is 12.8. The maximum atomic E-state index is 11.9. The lowest BCUT2D eigenvalue weighted by Crippen LogP contribution is -2.19. The molecule has 3 heteroatoms. The molecule has 0 N–H and O–H groups in total. The first-order valence-corrected chi connectivity index (χ1v) is 7.29. The van der Waals surface area contributed by atoms with Crippen LogP contribution in [0.15, 0.2) is 24.3 Å². The number of benzene rings is 1. The second kappa shape index (κ2) is 7.83. The molecule has 0 radical (unpaired) electrons. The van der Waals surface area contributed by atoms with E-state index in [9.17, 15) is 9.59 Å². The summed E-state index contributed by atoms with van der Waals surface area (Å²) in [5, 5.41) is 0. The minimum atomic E-state index is -0.561. The molecule has 0 aromatic heterocycles. The molecule has 0 saturated carbocycles. The molecule has 0 aliphatic carbocycles. The van der Waals surface area contributed by atoms with Crippen molar-refractivity contribution in [3.63, 3.8) is 0 Å². The molecule has 1 aromatic rings. The van der Waals surface area contributed by atoms with Gasteiger partial charge in [-0.05, 0) is 36.5 Å². The fourth-order valence-corrected chi connectivity index (χ4v) is 2.05. The van der Waals surface area contributed by atoms with Crippen molar-refractivity contribution in [3.05, 3.63) is 35.4 Å². The Morgan fingerprint density at radius 2 is 1.70 bits per heavy atom. The van der Waals surface area contributed by atoms with Gasteiger partial charge in [0.25, 0.3) is 0 Å². The number of carbonyl (C=O) groups is 2. The van der Waals surface area contributed by atoms with Crippen LogP contribution in [-0.4, -0.2) is 11.9 Å². The van der Waals surface area contributed by atoms with Crippen LogP contribution in [0.3, 0.4) is 0 Å². The maximum Gasteiger partial charge on any atom is 0.345 e. The number of hydrogen-bond acceptors (Lipinski definition) is 3. The molecule has 1 unspecified atom stereocenters. The van der Waals surface area contributed by atoms with E-state index in [0.29, 0.717) is 11.5 Å². The van der Waals surface area contributed by atoms with E-state index in [1.807, 2.05) is 19.1 Å². The Balaban J connectivity index is 2.61. The predicted molar refractivity (Wildman–Crippen MR) is 79.5 cm³/mol. The monoisotopic (exact) mass is 276 g/mol. The van der Waals surface area contributed by atoms with Crippen molar-refractivity contribution in [2.24, 2.45) is 11.8 Å². The van der Waals surface area contributed by atoms with Gasteiger partial charge in [0, 0.05) is 0 Å². The van der Waals surface area contributed by atoms with Crippen LogP contribution in [0.5, 0.6) is 0 Å². The van der Waals surface area contributed by atoms with E-state index in [1.54, 1.807) is 19.1 Å². The lowest BCUT2D eigenvalue weighted by molar-refractivity contribution is -0.142. The molecule has 0 fully saturated rings. The molecule has 0 amide bonds. The average Bonchev–Trinajstić information content (AvgIpc) is 2.39. The first-order valence-electron chi connectivity index (χ1n) is 7.29. The Kier molecular flexibility index (Phi) is 6.43. The van der Waals surface area contributed by atoms with Crippen LogP contribution in [0.25, 0.3) is 0 Å². The summed E-state index contributed by atoms with van der Waals surface area (Å²) in [4.78, 5) is 23.5. The summed E-state index contributed by atoms with van der Waals surface area (Å²) in [6.07, 6.45) is 2.61. The molecule has 110 valence electrons. The summed E-state index contributed by atoms with van der Waals surface area (Å²) >= 11 is 0. The Hall–Kier alpha value is -1.64. The van der Waals surface area contributed by atoms with Crippen molar-refractivity contribution in [2.75, 3.05) is 0 Å². The summed E-state index contributed by atoms with van der Waals surface area (Å²) in [5.74, 6) is -0.661. The first kappa shape index (κ1) is 16.4. The normalized spacial score (nSPS) is 12.2. The summed E-state index contributed by atoms with van der Waals surface area (Å²) in [6.45, 7) is 8.08. The fourth-order valence-electron chi connectivity index (χ4n) is 2.05. The van der Waals surface area contributed by atoms with Gasteiger partial charge in [-0.25, -0.2) is 4.79 Å². The van der Waals surface area contributed by atoms with Gasteiger partial charge in [0.15, 0.2) is 0 Å². The molecule has 0 heterocycles. The zero-order chi connectivity index (χ0) is 15.1. The average molecular weight is 276 g/mol. The van der Waals surface area contributed by atoms with E-state index in [0.717, 1.165) is 19.3 Å². The molecule has 0 aliphatic rings. The van der Waals surface area contributed by atoms with Crippen molar-refractivity contribution in [3.8, 4) is 0 Å². The maximum absolute atomic E-state index is 11.9. The van der Waals surface area contributed by atoms with Crippen molar-refractivity contribution in [2.45, 2.75) is 47.0 Å². The minimum Gasteiger partial charge on any atom is -0.389 e. The standard InChI is InChI=1S/C17H24O3/c1-5-6-13(4)16(18)20-17(19)15-9-7-14(8-10-15)11-12(2)3/h7-10,12-13H,5-6,11H2,1-4H3. The molecule has 20 heavy (non-hydrogen) atoms. The third-order valence-electron chi connectivity index (χ3n) is 3.15. The Morgan fingerprint density at radius 1 is 1.10 bits per heavy atom. The quantitative estimate of drug-likeness (QED) is 0.582. The number of carbonyl (C=O) groups excluding carboxylic acids is 2. The van der Waals surface area contributed by atoms with E-state index in [-0.39, 0.29) is 5.92 Å². The smallest absolute Gasteiger partial charge is 0.345 e. The van der Waals surface area contributed by atoms with Gasteiger partial charge >= 0.3 is 11.9 Å². The van der Waals surface area contributed by atoms with E-state index in [1.165, 1.54) is 5.56 Å². The Bertz CT molecular complexity index is 446. The van der Waals surface area contributed by atoms with Gasteiger partial charge in [0.05, 0.1) is 11.5 Å². The van der Waals surface area contributed by atoms with Gasteiger partial charge in [-0.2, -0.15) is 0 Å². The Labute approximate surface area is 121 Å². The molecule has 0 saturated heterocycles. The summed E-state index contributed by atoms with van der Waals surface area (Å²) in [6, 6.07) is 7.27. The van der Waals surface area contributed by atoms with Crippen LogP contribution in [0.1, 0.15) is 56.5 Å². The van der Waals surface area contributed by atoms with Crippen LogP contribution >= 0.6 is 0 Å². The molecule has 1 aromatic carbocycles. The molecular weight excluding hydrogens is 252 g/mol. The predicted octanol–water partition coefficient (Wildman–Crippen LogP) is 4.00. The Morgan fingerprint density at radius 3 is 2.20 bits per heavy atom. The SMILES string of the molecule is CCCC(C)C(=O)OC(=O)c1ccc(CC(C)C)cc1. The highest BCUT2D eigenvalue weighted by molar-refractivity contribution is 5.97. The van der Waals surface area contributed by atoms with E-state index in [4.69, 9.17) is 4.74 Å². The highest BCUT2D eigenvalue weighted by Gasteiger charge is 2.18. The van der Waals surface area contributed by atoms with Gasteiger partial charge in [0.1, 0.15) is 0 Å². The number of esters is 2. The third-order valence-corrected chi connectivity index (χ3v) is 3.15. The van der Waals surface area contributed by atoms with Crippen molar-refractivity contribution in [1.82, 2.24) is 0 Å². The topological polar surface area (TPSA) is 43.4 Å². The molecular formula is C17H24O3. The van der Waals surface area contributed by atoms with Gasteiger partial charge in [-0.1, -0.05) is 46.2 Å². The number of rotatable bonds is 6. The summed E-state index contributed by atoms with van der Waals surface area (Å²) < 4.78 is 4.89. The fraction of sp³-hybridized carbons (Fsp3) is 0.529. The number of ether oxygens (including phenoxy) is 1. The van der Waals surface area contributed by atoms with Gasteiger partial charge in [0.2, 0.25) is 0 Å². The zero-order valence-corrected chi connectivity index (χ0v) is 12.8. The highest BCUT2D eigenvalue weighted by atomic mass is 16.6. The van der Waals surface area contributed by atoms with E-state index >= 15 is 0 Å². The van der Waals surface area contributed by atoms with Crippen LogP contribution < -0.4 is 0 Å². The second-order valence-corrected chi connectivity index (χ2v) is 5.69. The van der Waals surface area contributed by atoms with Crippen molar-refractivity contribution < 1.29 is 14.3 Å². The molecule has 0 spiro atoms. The second-order valence-electron chi connectivity index (χ2n) is 5.69. The van der Waals surface area contributed by atoms with Crippen LogP contribution in [0.4, 0.5) is 0 Å². The largest absolute Gasteiger partial charge is 0.389 e. The summed E-state index contributed by atoms with van der Waals surface area (Å²) in [7, 11) is 0. The minimum absolute atomic E-state index is 0.232. The van der Waals surface area contributed by atoms with Crippen molar-refractivity contribution >= 4 is 11.9 Å². The third kappa shape index (κ3) is 5.16. The molecule has 1 atom stereocenters. The molecule has 1 rings (SSSR count). The van der Waals surface area contributed by atoms with Crippen molar-refractivity contribution in [1.29, 1.82) is 0 Å². The van der Waals surface area contributed by atoms with E-state index in [2.05, 4.69) is 13.8 Å². The van der Waals surface area contributed by atoms with E-state index < -0.39 is 11.9 Å². The molecule has 3 nitrogen and oxygen atoms in total. The first-order chi connectivity index (χ1) is 9.43. The van der Waals surface area contributed by atoms with Gasteiger partial charge in [-0.15, -0.1) is 0 Å². The van der Waals surface area contributed by atoms with Gasteiger partial charge in [-0.3, -0.25) is 4.79 Å². The van der Waals surface area contributed by atoms with Crippen LogP contribution in [-0.2, 0) is 16.0 Å². The van der Waals surface area contributed by atoms with Gasteiger partial charge < -0.3 is 4.74 Å². The van der Waals surface area contributed by atoms with Crippen LogP contribution in [0.2, 0.25) is 0 Å². The summed E-state index contributed by atoms with van der Waals surface area (Å²) in [5.41, 5.74) is 1.61. The lowest BCUT2D eigenvalue weighted by atomic mass is 10.0. The molecule has 0 bridgehead atoms. The lowest BCUT2D eigenvalue weighted by Gasteiger charge is -2.09. The highest BCUT2D eigenvalue weighted by Crippen LogP contribution is 2.12.